The Hall–Kier alpha value is -3.96. The third-order valence-electron chi connectivity index (χ3n) is 7.64. The molecule has 3 N–H and O–H groups in total. The van der Waals surface area contributed by atoms with Crippen molar-refractivity contribution in [2.75, 3.05) is 23.3 Å². The third-order valence-corrected chi connectivity index (χ3v) is 7.64. The zero-order valence-electron chi connectivity index (χ0n) is 26.4. The van der Waals surface area contributed by atoms with Crippen molar-refractivity contribution >= 4 is 34.5 Å². The molecule has 0 bridgehead atoms. The summed E-state index contributed by atoms with van der Waals surface area (Å²) in [6, 6.07) is 7.15. The van der Waals surface area contributed by atoms with E-state index in [2.05, 4.69) is 48.5 Å². The number of hydrogen-bond donors (Lipinski definition) is 2. The highest BCUT2D eigenvalue weighted by molar-refractivity contribution is 5.94. The van der Waals surface area contributed by atoms with E-state index in [-0.39, 0.29) is 30.7 Å². The van der Waals surface area contributed by atoms with Gasteiger partial charge >= 0.3 is 6.36 Å². The monoisotopic (exact) mass is 638 g/mol. The fourth-order valence-corrected chi connectivity index (χ4v) is 4.81. The summed E-state index contributed by atoms with van der Waals surface area (Å²) in [6.07, 6.45) is 3.14. The number of allylic oxidation sites excluding steroid dienone is 3. The normalized spacial score (nSPS) is 15.0. The van der Waals surface area contributed by atoms with E-state index < -0.39 is 29.5 Å². The number of primary amides is 1. The highest BCUT2D eigenvalue weighted by atomic mass is 19.4. The largest absolute Gasteiger partial charge is 0.573 e. The molecule has 0 saturated carbocycles. The van der Waals surface area contributed by atoms with Crippen molar-refractivity contribution in [2.24, 2.45) is 17.6 Å². The number of unbranched alkanes of at least 4 members (excludes halogenated alkanes) is 1. The molecule has 3 rings (SSSR count). The van der Waals surface area contributed by atoms with Crippen molar-refractivity contribution < 1.29 is 36.3 Å². The van der Waals surface area contributed by atoms with E-state index in [0.717, 1.165) is 36.8 Å². The number of anilines is 3. The zero-order chi connectivity index (χ0) is 33.9. The van der Waals surface area contributed by atoms with Crippen LogP contribution in [0.3, 0.4) is 0 Å². The van der Waals surface area contributed by atoms with Crippen LogP contribution in [0.2, 0.25) is 0 Å². The third kappa shape index (κ3) is 10.3. The summed E-state index contributed by atoms with van der Waals surface area (Å²) in [5, 5.41) is 3.21. The summed E-state index contributed by atoms with van der Waals surface area (Å²) in [5.41, 5.74) is 6.22. The summed E-state index contributed by atoms with van der Waals surface area (Å²) in [4.78, 5) is 28.5. The smallest absolute Gasteiger partial charge is 0.406 e. The number of carbonyl (C=O) groups excluding carboxylic acids is 2. The second-order valence-corrected chi connectivity index (χ2v) is 11.0. The molecule has 1 aromatic heterocycles. The Balaban J connectivity index is 0.000000681. The van der Waals surface area contributed by atoms with Gasteiger partial charge in [-0.05, 0) is 67.5 Å². The van der Waals surface area contributed by atoms with Gasteiger partial charge < -0.3 is 20.7 Å². The van der Waals surface area contributed by atoms with Gasteiger partial charge in [-0.15, -0.1) is 13.2 Å². The van der Waals surface area contributed by atoms with E-state index in [4.69, 9.17) is 5.73 Å². The molecule has 0 aliphatic carbocycles. The number of rotatable bonds is 14. The predicted molar refractivity (Wildman–Crippen MR) is 168 cm³/mol. The van der Waals surface area contributed by atoms with Crippen molar-refractivity contribution in [3.63, 3.8) is 0 Å². The van der Waals surface area contributed by atoms with Crippen LogP contribution >= 0.6 is 0 Å². The number of nitrogens with two attached hydrogens (primary N) is 1. The van der Waals surface area contributed by atoms with Crippen LogP contribution < -0.4 is 20.7 Å². The molecule has 45 heavy (non-hydrogen) atoms. The quantitative estimate of drug-likeness (QED) is 0.159. The average Bonchev–Trinajstić information content (AvgIpc) is 2.97. The molecule has 2 heterocycles. The number of pyridine rings is 1. The van der Waals surface area contributed by atoms with Crippen LogP contribution in [0.4, 0.5) is 39.1 Å². The van der Waals surface area contributed by atoms with Crippen LogP contribution in [0.1, 0.15) is 72.3 Å². The molecule has 0 radical (unpaired) electrons. The Kier molecular flexibility index (Phi) is 13.6. The summed E-state index contributed by atoms with van der Waals surface area (Å²) in [5.74, 6) is -2.15. The molecule has 1 unspecified atom stereocenters. The highest BCUT2D eigenvalue weighted by Crippen LogP contribution is 2.43. The van der Waals surface area contributed by atoms with Crippen LogP contribution in [0, 0.1) is 11.8 Å². The fraction of sp³-hybridized carbons (Fsp3) is 0.485. The van der Waals surface area contributed by atoms with Gasteiger partial charge in [0, 0.05) is 29.1 Å². The molecule has 1 saturated heterocycles. The molecular formula is C33H43F5N4O3. The lowest BCUT2D eigenvalue weighted by Crippen LogP contribution is -2.65. The Labute approximate surface area is 261 Å². The number of nitrogens with one attached hydrogen (secondary N) is 1. The summed E-state index contributed by atoms with van der Waals surface area (Å²) in [7, 11) is 0. The Bertz CT molecular complexity index is 1330. The number of ether oxygens (including phenoxy) is 1. The fourth-order valence-electron chi connectivity index (χ4n) is 4.81. The van der Waals surface area contributed by atoms with Crippen LogP contribution in [-0.4, -0.2) is 41.8 Å². The van der Waals surface area contributed by atoms with Gasteiger partial charge in [0.05, 0.1) is 13.1 Å². The van der Waals surface area contributed by atoms with E-state index in [0.29, 0.717) is 23.6 Å². The lowest BCUT2D eigenvalue weighted by atomic mass is 9.85. The molecule has 1 amide bonds. The molecule has 1 aromatic carbocycles. The van der Waals surface area contributed by atoms with Gasteiger partial charge in [-0.25, -0.2) is 13.8 Å². The predicted octanol–water partition coefficient (Wildman–Crippen LogP) is 8.44. The van der Waals surface area contributed by atoms with Crippen molar-refractivity contribution in [1.82, 2.24) is 4.98 Å². The molecule has 7 nitrogen and oxygen atoms in total. The van der Waals surface area contributed by atoms with Crippen molar-refractivity contribution in [2.45, 2.75) is 78.8 Å². The number of hydrogen-bond acceptors (Lipinski definition) is 6. The molecule has 248 valence electrons. The SMILES string of the molecule is C=C(F)C(=O)C(C)CC.CCC/C=C(\c1c(N2CC(F)(C(N)=O)C2)ccnc1Nc1ccc(OC(F)(F)F)cc1)C(CC)CC. The number of benzene rings is 1. The maximum Gasteiger partial charge on any atom is 0.573 e. The first-order chi connectivity index (χ1) is 21.1. The number of aromatic nitrogens is 1. The van der Waals surface area contributed by atoms with Gasteiger partial charge in [-0.1, -0.05) is 53.7 Å². The molecule has 1 fully saturated rings. The summed E-state index contributed by atoms with van der Waals surface area (Å²) >= 11 is 0. The Morgan fingerprint density at radius 1 is 1.11 bits per heavy atom. The highest BCUT2D eigenvalue weighted by Gasteiger charge is 2.49. The minimum absolute atomic E-state index is 0.160. The van der Waals surface area contributed by atoms with Crippen LogP contribution in [0.25, 0.3) is 5.57 Å². The van der Waals surface area contributed by atoms with Gasteiger partial charge in [0.25, 0.3) is 5.91 Å². The molecule has 0 spiro atoms. The summed E-state index contributed by atoms with van der Waals surface area (Å²) < 4.78 is 68.3. The maximum absolute atomic E-state index is 14.7. The maximum atomic E-state index is 14.7. The standard InChI is InChI=1S/C26H32F4N4O2.C7H11FO/c1-4-7-8-20(17(5-2)6-3)22-21(34-15-25(27,16-34)24(31)35)13-14-32-23(22)33-18-9-11-19(12-10-18)36-26(28,29)30;1-4-5(2)7(9)6(3)8/h8-14,17H,4-7,15-16H2,1-3H3,(H2,31,35)(H,32,33);5H,3-4H2,1-2H3/b20-8-;. The lowest BCUT2D eigenvalue weighted by Gasteiger charge is -2.45. The molecular weight excluding hydrogens is 595 g/mol. The second kappa shape index (κ2) is 16.4. The van der Waals surface area contributed by atoms with Gasteiger partial charge in [0.15, 0.2) is 11.6 Å². The number of ketones is 1. The molecule has 2 aromatic rings. The minimum atomic E-state index is -4.78. The van der Waals surface area contributed by atoms with Crippen molar-refractivity contribution in [1.29, 1.82) is 0 Å². The van der Waals surface area contributed by atoms with Crippen molar-refractivity contribution in [3.05, 3.63) is 60.6 Å². The number of Topliss-reactive ketones (excluding diaryl/α,β-unsaturated/α-hetero) is 1. The number of nitrogens with zero attached hydrogens (tertiary/aromatic N) is 2. The molecule has 12 heteroatoms. The second-order valence-electron chi connectivity index (χ2n) is 11.0. The molecule has 1 aliphatic rings. The number of carbonyl (C=O) groups is 2. The lowest BCUT2D eigenvalue weighted by molar-refractivity contribution is -0.274. The van der Waals surface area contributed by atoms with Gasteiger partial charge in [-0.3, -0.25) is 9.59 Å². The zero-order valence-corrected chi connectivity index (χ0v) is 26.4. The van der Waals surface area contributed by atoms with E-state index in [9.17, 15) is 31.5 Å². The first-order valence-electron chi connectivity index (χ1n) is 15.0. The number of halogens is 5. The van der Waals surface area contributed by atoms with Crippen LogP contribution in [0.15, 0.2) is 55.0 Å². The van der Waals surface area contributed by atoms with Crippen LogP contribution in [0.5, 0.6) is 5.75 Å². The number of alkyl halides is 4. The van der Waals surface area contributed by atoms with Gasteiger partial charge in [0.1, 0.15) is 11.6 Å². The van der Waals surface area contributed by atoms with Gasteiger partial charge in [0.2, 0.25) is 5.67 Å². The number of amides is 1. The van der Waals surface area contributed by atoms with Crippen molar-refractivity contribution in [3.8, 4) is 5.75 Å². The first-order valence-corrected chi connectivity index (χ1v) is 15.0. The van der Waals surface area contributed by atoms with Gasteiger partial charge in [-0.2, -0.15) is 0 Å². The van der Waals surface area contributed by atoms with E-state index in [1.54, 1.807) is 24.1 Å². The minimum Gasteiger partial charge on any atom is -0.406 e. The first kappa shape index (κ1) is 37.2. The van der Waals surface area contributed by atoms with E-state index in [1.807, 2.05) is 6.92 Å². The van der Waals surface area contributed by atoms with E-state index in [1.165, 1.54) is 24.3 Å². The summed E-state index contributed by atoms with van der Waals surface area (Å²) in [6.45, 7) is 12.4. The topological polar surface area (TPSA) is 97.5 Å². The Morgan fingerprint density at radius 2 is 1.71 bits per heavy atom. The Morgan fingerprint density at radius 3 is 2.16 bits per heavy atom. The average molecular weight is 639 g/mol. The van der Waals surface area contributed by atoms with E-state index >= 15 is 0 Å². The van der Waals surface area contributed by atoms with Crippen LogP contribution in [-0.2, 0) is 9.59 Å². The molecule has 1 atom stereocenters. The molecule has 1 aliphatic heterocycles.